The van der Waals surface area contributed by atoms with Gasteiger partial charge in [-0.3, -0.25) is 0 Å². The Morgan fingerprint density at radius 1 is 1.29 bits per heavy atom. The van der Waals surface area contributed by atoms with Gasteiger partial charge in [0, 0.05) is 17.8 Å². The predicted molar refractivity (Wildman–Crippen MR) is 66.1 cm³/mol. The molecular weight excluding hydrogens is 238 g/mol. The van der Waals surface area contributed by atoms with Gasteiger partial charge in [-0.25, -0.2) is 0 Å². The Labute approximate surface area is 95.2 Å². The number of alkyl halides is 1. The summed E-state index contributed by atoms with van der Waals surface area (Å²) >= 11 is 3.58. The third-order valence-electron chi connectivity index (χ3n) is 2.53. The molecule has 1 atom stereocenters. The highest BCUT2D eigenvalue weighted by atomic mass is 79.9. The van der Waals surface area contributed by atoms with Gasteiger partial charge in [-0.15, -0.1) is 0 Å². The monoisotopic (exact) mass is 255 g/mol. The van der Waals surface area contributed by atoms with Crippen LogP contribution in [0.1, 0.15) is 18.4 Å². The van der Waals surface area contributed by atoms with E-state index < -0.39 is 0 Å². The zero-order valence-electron chi connectivity index (χ0n) is 8.91. The summed E-state index contributed by atoms with van der Waals surface area (Å²) < 4.78 is 0. The highest BCUT2D eigenvalue weighted by Crippen LogP contribution is 2.18. The lowest BCUT2D eigenvalue weighted by atomic mass is 10.0. The van der Waals surface area contributed by atoms with Crippen molar-refractivity contribution in [1.29, 1.82) is 0 Å². The molecule has 1 aromatic carbocycles. The van der Waals surface area contributed by atoms with E-state index in [4.69, 9.17) is 0 Å². The van der Waals surface area contributed by atoms with E-state index in [1.807, 2.05) is 0 Å². The van der Waals surface area contributed by atoms with E-state index >= 15 is 0 Å². The van der Waals surface area contributed by atoms with Gasteiger partial charge in [0.05, 0.1) is 0 Å². The maximum Gasteiger partial charge on any atom is 0.0112 e. The molecule has 0 aliphatic rings. The molecule has 0 bridgehead atoms. The van der Waals surface area contributed by atoms with Gasteiger partial charge in [0.2, 0.25) is 0 Å². The van der Waals surface area contributed by atoms with Gasteiger partial charge in [0.1, 0.15) is 0 Å². The minimum Gasteiger partial charge on any atom is -0.306 e. The van der Waals surface area contributed by atoms with Crippen molar-refractivity contribution >= 4 is 15.9 Å². The molecule has 14 heavy (non-hydrogen) atoms. The largest absolute Gasteiger partial charge is 0.306 e. The summed E-state index contributed by atoms with van der Waals surface area (Å²) in [5.41, 5.74) is 1.42. The first-order valence-corrected chi connectivity index (χ1v) is 6.19. The Morgan fingerprint density at radius 2 is 1.93 bits per heavy atom. The molecule has 1 nitrogen and oxygen atoms in total. The SMILES string of the molecule is CCN(C)CC(CBr)c1ccccc1. The molecule has 0 spiro atoms. The first-order valence-electron chi connectivity index (χ1n) is 5.07. The summed E-state index contributed by atoms with van der Waals surface area (Å²) in [6.45, 7) is 4.42. The fraction of sp³-hybridized carbons (Fsp3) is 0.500. The Kier molecular flexibility index (Phi) is 5.20. The first kappa shape index (κ1) is 11.7. The van der Waals surface area contributed by atoms with Crippen molar-refractivity contribution in [3.8, 4) is 0 Å². The van der Waals surface area contributed by atoms with E-state index in [1.165, 1.54) is 5.56 Å². The summed E-state index contributed by atoms with van der Waals surface area (Å²) in [6.07, 6.45) is 0. The van der Waals surface area contributed by atoms with Gasteiger partial charge in [0.25, 0.3) is 0 Å². The second-order valence-electron chi connectivity index (χ2n) is 3.62. The normalized spacial score (nSPS) is 13.1. The number of rotatable bonds is 5. The number of halogens is 1. The number of likely N-dealkylation sites (N-methyl/N-ethyl adjacent to an activating group) is 1. The molecule has 0 aromatic heterocycles. The fourth-order valence-electron chi connectivity index (χ4n) is 1.47. The van der Waals surface area contributed by atoms with E-state index in [2.05, 4.69) is 65.1 Å². The molecule has 0 aliphatic heterocycles. The standard InChI is InChI=1S/C12H18BrN/c1-3-14(2)10-12(9-13)11-7-5-4-6-8-11/h4-8,12H,3,9-10H2,1-2H3. The molecule has 0 aliphatic carbocycles. The van der Waals surface area contributed by atoms with Crippen LogP contribution in [-0.4, -0.2) is 30.4 Å². The van der Waals surface area contributed by atoms with Crippen LogP contribution in [0.4, 0.5) is 0 Å². The molecule has 78 valence electrons. The molecule has 0 saturated carbocycles. The molecule has 1 aromatic rings. The third kappa shape index (κ3) is 3.43. The second-order valence-corrected chi connectivity index (χ2v) is 4.26. The van der Waals surface area contributed by atoms with Gasteiger partial charge < -0.3 is 4.90 Å². The summed E-state index contributed by atoms with van der Waals surface area (Å²) in [4.78, 5) is 2.35. The van der Waals surface area contributed by atoms with Crippen molar-refractivity contribution in [1.82, 2.24) is 4.90 Å². The van der Waals surface area contributed by atoms with E-state index in [0.29, 0.717) is 5.92 Å². The van der Waals surface area contributed by atoms with Gasteiger partial charge in [-0.2, -0.15) is 0 Å². The topological polar surface area (TPSA) is 3.24 Å². The highest BCUT2D eigenvalue weighted by molar-refractivity contribution is 9.09. The third-order valence-corrected chi connectivity index (χ3v) is 3.31. The Balaban J connectivity index is 2.63. The lowest BCUT2D eigenvalue weighted by Crippen LogP contribution is -2.25. The Morgan fingerprint density at radius 3 is 2.43 bits per heavy atom. The number of hydrogen-bond donors (Lipinski definition) is 0. The van der Waals surface area contributed by atoms with E-state index in [0.717, 1.165) is 18.4 Å². The van der Waals surface area contributed by atoms with Gasteiger partial charge >= 0.3 is 0 Å². The van der Waals surface area contributed by atoms with Gasteiger partial charge in [0.15, 0.2) is 0 Å². The second kappa shape index (κ2) is 6.20. The number of nitrogens with zero attached hydrogens (tertiary/aromatic N) is 1. The van der Waals surface area contributed by atoms with Crippen molar-refractivity contribution < 1.29 is 0 Å². The van der Waals surface area contributed by atoms with Crippen LogP contribution in [0.2, 0.25) is 0 Å². The van der Waals surface area contributed by atoms with Crippen LogP contribution in [0.5, 0.6) is 0 Å². The Hall–Kier alpha value is -0.340. The van der Waals surface area contributed by atoms with Crippen LogP contribution in [0.15, 0.2) is 30.3 Å². The average molecular weight is 256 g/mol. The zero-order chi connectivity index (χ0) is 10.4. The fourth-order valence-corrected chi connectivity index (χ4v) is 2.05. The predicted octanol–water partition coefficient (Wildman–Crippen LogP) is 3.12. The first-order chi connectivity index (χ1) is 6.77. The molecule has 0 amide bonds. The number of hydrogen-bond acceptors (Lipinski definition) is 1. The lowest BCUT2D eigenvalue weighted by molar-refractivity contribution is 0.336. The van der Waals surface area contributed by atoms with Crippen molar-refractivity contribution in [3.63, 3.8) is 0 Å². The molecule has 0 N–H and O–H groups in total. The van der Waals surface area contributed by atoms with Crippen LogP contribution in [-0.2, 0) is 0 Å². The summed E-state index contributed by atoms with van der Waals surface area (Å²) in [5.74, 6) is 0.598. The summed E-state index contributed by atoms with van der Waals surface area (Å²) in [5, 5.41) is 1.03. The zero-order valence-corrected chi connectivity index (χ0v) is 10.5. The lowest BCUT2D eigenvalue weighted by Gasteiger charge is -2.21. The van der Waals surface area contributed by atoms with Crippen molar-refractivity contribution in [3.05, 3.63) is 35.9 Å². The molecule has 2 heteroatoms. The van der Waals surface area contributed by atoms with Crippen LogP contribution in [0.3, 0.4) is 0 Å². The van der Waals surface area contributed by atoms with Crippen LogP contribution < -0.4 is 0 Å². The van der Waals surface area contributed by atoms with E-state index in [9.17, 15) is 0 Å². The molecule has 0 radical (unpaired) electrons. The summed E-state index contributed by atoms with van der Waals surface area (Å²) in [7, 11) is 2.17. The smallest absolute Gasteiger partial charge is 0.0112 e. The Bertz CT molecular complexity index is 248. The summed E-state index contributed by atoms with van der Waals surface area (Å²) in [6, 6.07) is 10.7. The van der Waals surface area contributed by atoms with E-state index in [1.54, 1.807) is 0 Å². The number of benzene rings is 1. The molecule has 0 heterocycles. The van der Waals surface area contributed by atoms with Crippen LogP contribution >= 0.6 is 15.9 Å². The quantitative estimate of drug-likeness (QED) is 0.732. The van der Waals surface area contributed by atoms with E-state index in [-0.39, 0.29) is 0 Å². The van der Waals surface area contributed by atoms with Gasteiger partial charge in [-0.1, -0.05) is 53.2 Å². The minimum absolute atomic E-state index is 0.598. The van der Waals surface area contributed by atoms with Gasteiger partial charge in [-0.05, 0) is 19.2 Å². The average Bonchev–Trinajstić information content (AvgIpc) is 2.26. The van der Waals surface area contributed by atoms with Crippen molar-refractivity contribution in [2.45, 2.75) is 12.8 Å². The molecule has 0 fully saturated rings. The van der Waals surface area contributed by atoms with Crippen LogP contribution in [0, 0.1) is 0 Å². The maximum atomic E-state index is 3.58. The molecular formula is C12H18BrN. The highest BCUT2D eigenvalue weighted by Gasteiger charge is 2.11. The minimum atomic E-state index is 0.598. The molecule has 1 unspecified atom stereocenters. The molecule has 0 saturated heterocycles. The maximum absolute atomic E-state index is 3.58. The molecule has 1 rings (SSSR count). The van der Waals surface area contributed by atoms with Crippen molar-refractivity contribution in [2.75, 3.05) is 25.5 Å². The van der Waals surface area contributed by atoms with Crippen molar-refractivity contribution in [2.24, 2.45) is 0 Å². The van der Waals surface area contributed by atoms with Crippen LogP contribution in [0.25, 0.3) is 0 Å².